The van der Waals surface area contributed by atoms with Crippen LogP contribution in [0.1, 0.15) is 27.7 Å². The van der Waals surface area contributed by atoms with E-state index in [4.69, 9.17) is 5.26 Å². The lowest BCUT2D eigenvalue weighted by Crippen LogP contribution is -2.17. The Bertz CT molecular complexity index is 284. The van der Waals surface area contributed by atoms with E-state index in [2.05, 4.69) is 16.7 Å². The minimum atomic E-state index is -0.131. The van der Waals surface area contributed by atoms with Crippen LogP contribution in [-0.2, 0) is 0 Å². The predicted molar refractivity (Wildman–Crippen MR) is 55.8 cm³/mol. The van der Waals surface area contributed by atoms with Gasteiger partial charge in [0.25, 0.3) is 0 Å². The number of allylic oxidation sites excluding steroid dienone is 1. The summed E-state index contributed by atoms with van der Waals surface area (Å²) in [5.41, 5.74) is 0.430. The normalized spacial score (nSPS) is 13.8. The lowest BCUT2D eigenvalue weighted by Gasteiger charge is -2.16. The van der Waals surface area contributed by atoms with Crippen molar-refractivity contribution in [1.82, 2.24) is 0 Å². The Labute approximate surface area is 79.5 Å². The second-order valence-corrected chi connectivity index (χ2v) is 3.78. The molecule has 0 aliphatic heterocycles. The summed E-state index contributed by atoms with van der Waals surface area (Å²) in [6, 6.07) is 1.99. The third kappa shape index (κ3) is 4.22. The summed E-state index contributed by atoms with van der Waals surface area (Å²) in [7, 11) is 0. The molecule has 0 heterocycles. The number of nitrogens with zero attached hydrogens (tertiary/aromatic N) is 3. The van der Waals surface area contributed by atoms with Crippen molar-refractivity contribution in [3.05, 3.63) is 11.8 Å². The van der Waals surface area contributed by atoms with E-state index in [0.717, 1.165) is 0 Å². The molecule has 0 aromatic heterocycles. The molecule has 0 rings (SSSR count). The Balaban J connectivity index is 4.82. The summed E-state index contributed by atoms with van der Waals surface area (Å²) < 4.78 is 0. The third-order valence-electron chi connectivity index (χ3n) is 1.38. The van der Waals surface area contributed by atoms with E-state index < -0.39 is 0 Å². The van der Waals surface area contributed by atoms with Crippen LogP contribution in [0.3, 0.4) is 0 Å². The first-order valence-electron chi connectivity index (χ1n) is 4.03. The highest BCUT2D eigenvalue weighted by atomic mass is 14.9. The van der Waals surface area contributed by atoms with Crippen molar-refractivity contribution in [2.45, 2.75) is 27.7 Å². The predicted octanol–water partition coefficient (Wildman–Crippen LogP) is 2.56. The van der Waals surface area contributed by atoms with Crippen LogP contribution in [0.2, 0.25) is 0 Å². The summed E-state index contributed by atoms with van der Waals surface area (Å²) in [5, 5.41) is 8.49. The van der Waals surface area contributed by atoms with Crippen LogP contribution in [0.15, 0.2) is 21.8 Å². The Morgan fingerprint density at radius 2 is 2.00 bits per heavy atom. The average Bonchev–Trinajstić information content (AvgIpc) is 2.02. The molecular formula is C10H15N3. The van der Waals surface area contributed by atoms with E-state index >= 15 is 0 Å². The van der Waals surface area contributed by atoms with E-state index in [0.29, 0.717) is 11.4 Å². The Kier molecular flexibility index (Phi) is 4.06. The van der Waals surface area contributed by atoms with E-state index in [-0.39, 0.29) is 5.41 Å². The van der Waals surface area contributed by atoms with Gasteiger partial charge in [-0.2, -0.15) is 5.26 Å². The van der Waals surface area contributed by atoms with Gasteiger partial charge in [0.1, 0.15) is 5.84 Å². The van der Waals surface area contributed by atoms with E-state index in [1.807, 2.05) is 26.8 Å². The molecule has 0 aromatic rings. The zero-order valence-electron chi connectivity index (χ0n) is 8.63. The number of rotatable bonds is 1. The smallest absolute Gasteiger partial charge is 0.132 e. The largest absolute Gasteiger partial charge is 0.249 e. The number of hydrogen-bond acceptors (Lipinski definition) is 2. The standard InChI is InChI=1S/C10H15N3/c1-8(6-11)7-13-9(12-5)10(2,3)4/h7H,5H2,1-4H3/b8-7+,13-9-. The molecule has 0 aromatic carbocycles. The molecule has 0 spiro atoms. The molecule has 0 N–H and O–H groups in total. The zero-order chi connectivity index (χ0) is 10.5. The van der Waals surface area contributed by atoms with Crippen molar-refractivity contribution in [1.29, 1.82) is 5.26 Å². The van der Waals surface area contributed by atoms with Gasteiger partial charge in [0.05, 0.1) is 6.07 Å². The van der Waals surface area contributed by atoms with E-state index in [9.17, 15) is 0 Å². The average molecular weight is 177 g/mol. The van der Waals surface area contributed by atoms with Gasteiger partial charge in [-0.1, -0.05) is 20.8 Å². The van der Waals surface area contributed by atoms with Gasteiger partial charge in [-0.3, -0.25) is 0 Å². The Morgan fingerprint density at radius 3 is 2.31 bits per heavy atom. The molecule has 0 fully saturated rings. The van der Waals surface area contributed by atoms with Crippen LogP contribution in [0.4, 0.5) is 0 Å². The molecule has 3 nitrogen and oxygen atoms in total. The van der Waals surface area contributed by atoms with Gasteiger partial charge >= 0.3 is 0 Å². The summed E-state index contributed by atoms with van der Waals surface area (Å²) in [6.45, 7) is 11.1. The third-order valence-corrected chi connectivity index (χ3v) is 1.38. The maximum absolute atomic E-state index is 8.49. The zero-order valence-corrected chi connectivity index (χ0v) is 8.63. The molecule has 0 aliphatic rings. The fourth-order valence-corrected chi connectivity index (χ4v) is 0.658. The molecule has 0 aliphatic carbocycles. The van der Waals surface area contributed by atoms with Gasteiger partial charge in [-0.05, 0) is 13.6 Å². The first kappa shape index (κ1) is 11.6. The van der Waals surface area contributed by atoms with Gasteiger partial charge in [0.15, 0.2) is 0 Å². The maximum Gasteiger partial charge on any atom is 0.132 e. The molecule has 0 atom stereocenters. The summed E-state index contributed by atoms with van der Waals surface area (Å²) in [6.07, 6.45) is 1.51. The van der Waals surface area contributed by atoms with Gasteiger partial charge in [0, 0.05) is 17.2 Å². The van der Waals surface area contributed by atoms with Crippen molar-refractivity contribution in [3.63, 3.8) is 0 Å². The van der Waals surface area contributed by atoms with Crippen molar-refractivity contribution in [2.24, 2.45) is 15.4 Å². The fourth-order valence-electron chi connectivity index (χ4n) is 0.658. The summed E-state index contributed by atoms with van der Waals surface area (Å²) >= 11 is 0. The van der Waals surface area contributed by atoms with Crippen LogP contribution in [-0.4, -0.2) is 12.6 Å². The maximum atomic E-state index is 8.49. The lowest BCUT2D eigenvalue weighted by molar-refractivity contribution is 0.585. The fraction of sp³-hybridized carbons (Fsp3) is 0.500. The van der Waals surface area contributed by atoms with Crippen molar-refractivity contribution in [3.8, 4) is 6.07 Å². The van der Waals surface area contributed by atoms with Crippen LogP contribution in [0.25, 0.3) is 0 Å². The molecule has 3 heteroatoms. The summed E-state index contributed by atoms with van der Waals surface area (Å²) in [5.74, 6) is 0.641. The first-order chi connectivity index (χ1) is 5.91. The van der Waals surface area contributed by atoms with Crippen LogP contribution >= 0.6 is 0 Å². The lowest BCUT2D eigenvalue weighted by atomic mass is 9.95. The van der Waals surface area contributed by atoms with Crippen molar-refractivity contribution in [2.75, 3.05) is 0 Å². The number of amidine groups is 1. The van der Waals surface area contributed by atoms with Crippen LogP contribution in [0, 0.1) is 16.7 Å². The first-order valence-corrected chi connectivity index (χ1v) is 4.03. The van der Waals surface area contributed by atoms with E-state index in [1.54, 1.807) is 6.92 Å². The van der Waals surface area contributed by atoms with Gasteiger partial charge in [0.2, 0.25) is 0 Å². The molecule has 0 saturated carbocycles. The summed E-state index contributed by atoms with van der Waals surface area (Å²) in [4.78, 5) is 7.90. The molecule has 13 heavy (non-hydrogen) atoms. The van der Waals surface area contributed by atoms with Gasteiger partial charge in [-0.15, -0.1) is 0 Å². The molecule has 0 unspecified atom stereocenters. The quantitative estimate of drug-likeness (QED) is 0.345. The van der Waals surface area contributed by atoms with E-state index in [1.165, 1.54) is 6.20 Å². The SMILES string of the molecule is C=N/C(=N\C=C(/C)C#N)C(C)(C)C. The molecule has 0 radical (unpaired) electrons. The van der Waals surface area contributed by atoms with Crippen LogP contribution in [0.5, 0.6) is 0 Å². The molecule has 0 bridgehead atoms. The second kappa shape index (κ2) is 4.56. The molecule has 70 valence electrons. The van der Waals surface area contributed by atoms with Crippen molar-refractivity contribution >= 4 is 12.6 Å². The Morgan fingerprint density at radius 1 is 1.46 bits per heavy atom. The topological polar surface area (TPSA) is 48.5 Å². The molecule has 0 saturated heterocycles. The monoisotopic (exact) mass is 177 g/mol. The highest BCUT2D eigenvalue weighted by Gasteiger charge is 2.16. The minimum absolute atomic E-state index is 0.131. The molecule has 0 amide bonds. The van der Waals surface area contributed by atoms with Gasteiger partial charge in [-0.25, -0.2) is 9.98 Å². The highest BCUT2D eigenvalue weighted by molar-refractivity contribution is 5.91. The minimum Gasteiger partial charge on any atom is -0.249 e. The van der Waals surface area contributed by atoms with Crippen LogP contribution < -0.4 is 0 Å². The number of aliphatic imine (C=N–C) groups is 2. The van der Waals surface area contributed by atoms with Crippen molar-refractivity contribution < 1.29 is 0 Å². The Hall–Kier alpha value is -1.43. The highest BCUT2D eigenvalue weighted by Crippen LogP contribution is 2.16. The van der Waals surface area contributed by atoms with Gasteiger partial charge < -0.3 is 0 Å². The second-order valence-electron chi connectivity index (χ2n) is 3.78. The molecular weight excluding hydrogens is 162 g/mol. The number of hydrogen-bond donors (Lipinski definition) is 0. The number of nitriles is 1.